The van der Waals surface area contributed by atoms with Gasteiger partial charge in [0.1, 0.15) is 66.8 Å². The van der Waals surface area contributed by atoms with Crippen molar-refractivity contribution in [1.29, 1.82) is 0 Å². The lowest BCUT2D eigenvalue weighted by molar-refractivity contribution is -0.395. The molecule has 3 aliphatic heterocycles. The monoisotopic (exact) mass is 925 g/mol. The summed E-state index contributed by atoms with van der Waals surface area (Å²) >= 11 is 0. The van der Waals surface area contributed by atoms with Crippen molar-refractivity contribution in [3.63, 3.8) is 0 Å². The number of aliphatic carboxylic acids is 1. The van der Waals surface area contributed by atoms with E-state index in [1.165, 1.54) is 12.5 Å². The number of rotatable bonds is 8. The van der Waals surface area contributed by atoms with Gasteiger partial charge in [0.25, 0.3) is 0 Å². The summed E-state index contributed by atoms with van der Waals surface area (Å²) in [4.78, 5) is 26.2. The summed E-state index contributed by atoms with van der Waals surface area (Å²) in [6, 6.07) is 0. The van der Waals surface area contributed by atoms with Crippen molar-refractivity contribution in [1.82, 2.24) is 0 Å². The van der Waals surface area contributed by atoms with E-state index in [1.54, 1.807) is 0 Å². The van der Waals surface area contributed by atoms with Crippen LogP contribution in [0.1, 0.15) is 120 Å². The molecule has 3 heterocycles. The number of hydrogen-bond donors (Lipinski definition) is 9. The zero-order valence-corrected chi connectivity index (χ0v) is 39.4. The van der Waals surface area contributed by atoms with Crippen LogP contribution in [0.5, 0.6) is 0 Å². The fraction of sp³-hybridized carbons (Fsp3) is 0.917. The molecule has 0 unspecified atom stereocenters. The Hall–Kier alpha value is -1.68. The molecule has 0 aromatic rings. The second kappa shape index (κ2) is 17.0. The molecule has 0 radical (unpaired) electrons. The quantitative estimate of drug-likeness (QED) is 0.124. The summed E-state index contributed by atoms with van der Waals surface area (Å²) in [6.45, 7) is 19.0. The average molecular weight is 925 g/mol. The summed E-state index contributed by atoms with van der Waals surface area (Å²) in [5.74, 6) is -0.470. The van der Waals surface area contributed by atoms with E-state index in [2.05, 4.69) is 61.5 Å². The van der Waals surface area contributed by atoms with Crippen molar-refractivity contribution < 1.29 is 84.0 Å². The van der Waals surface area contributed by atoms with Crippen LogP contribution in [0.15, 0.2) is 11.6 Å². The van der Waals surface area contributed by atoms with Crippen LogP contribution in [0.2, 0.25) is 0 Å². The van der Waals surface area contributed by atoms with E-state index < -0.39 is 116 Å². The van der Waals surface area contributed by atoms with Gasteiger partial charge in [0.05, 0.1) is 18.8 Å². The highest BCUT2D eigenvalue weighted by atomic mass is 16.8. The van der Waals surface area contributed by atoms with Crippen molar-refractivity contribution in [2.75, 3.05) is 6.61 Å². The molecule has 0 amide bonds. The first-order valence-corrected chi connectivity index (χ1v) is 23.9. The van der Waals surface area contributed by atoms with E-state index in [0.717, 1.165) is 44.9 Å². The number of hydrogen-bond acceptors (Lipinski definition) is 16. The highest BCUT2D eigenvalue weighted by Crippen LogP contribution is 2.75. The molecular weight excluding hydrogens is 849 g/mol. The van der Waals surface area contributed by atoms with Crippen LogP contribution < -0.4 is 0 Å². The minimum atomic E-state index is -2.02. The first-order valence-electron chi connectivity index (χ1n) is 23.9. The Morgan fingerprint density at radius 1 is 0.708 bits per heavy atom. The van der Waals surface area contributed by atoms with Gasteiger partial charge in [-0.05, 0) is 103 Å². The number of aliphatic hydroxyl groups is 8. The minimum Gasteiger partial charge on any atom is -0.479 e. The molecule has 7 fully saturated rings. The maximum absolute atomic E-state index is 13.8. The molecule has 9 N–H and O–H groups in total. The Bertz CT molecular complexity index is 1840. The van der Waals surface area contributed by atoms with Crippen molar-refractivity contribution >= 4 is 11.8 Å². The molecule has 17 heteroatoms. The number of ketones is 1. The Labute approximate surface area is 381 Å². The van der Waals surface area contributed by atoms with E-state index >= 15 is 0 Å². The van der Waals surface area contributed by atoms with Gasteiger partial charge in [0, 0.05) is 11.8 Å². The van der Waals surface area contributed by atoms with Crippen LogP contribution in [0, 0.1) is 50.2 Å². The standard InChI is InChI=1S/C48H76O17/c1-21-29(51)31(53)35(57)40(60-21)64-37-32(54)30(52)24(20-49)61-41(37)65-38-34(56)33(55)36(39(58)59)63-42(38)62-28-13-14-46(7)25(44(28,4)5)12-15-48(9)26(46)11-10-22-23-18-43(2,3)19-27(50)45(23,6)16-17-47(22,48)8/h10,21,23-26,28-38,40-42,49,51-57H,11-20H2,1-9H3,(H,58,59)/t21-,23+,24-,25+,26-,28+,29+,30+,31-,32+,33+,34+,35-,36+,37-,38-,40+,41+,42-,45-,46+,47-,48-/m1/s1. The van der Waals surface area contributed by atoms with E-state index in [1.807, 2.05) is 0 Å². The van der Waals surface area contributed by atoms with Crippen LogP contribution in [0.3, 0.4) is 0 Å². The second-order valence-electron chi connectivity index (χ2n) is 23.6. The Balaban J connectivity index is 1.06. The first-order chi connectivity index (χ1) is 30.2. The largest absolute Gasteiger partial charge is 0.479 e. The number of carbonyl (C=O) groups is 2. The molecule has 370 valence electrons. The molecule has 65 heavy (non-hydrogen) atoms. The molecule has 0 aromatic carbocycles. The van der Waals surface area contributed by atoms with Crippen LogP contribution in [0.4, 0.5) is 0 Å². The van der Waals surface area contributed by atoms with E-state index in [9.17, 15) is 55.5 Å². The predicted octanol–water partition coefficient (Wildman–Crippen LogP) is 1.94. The third kappa shape index (κ3) is 7.73. The van der Waals surface area contributed by atoms with Gasteiger partial charge >= 0.3 is 5.97 Å². The van der Waals surface area contributed by atoms with Gasteiger partial charge in [-0.15, -0.1) is 0 Å². The molecule has 0 bridgehead atoms. The zero-order valence-electron chi connectivity index (χ0n) is 39.4. The zero-order chi connectivity index (χ0) is 47.7. The predicted molar refractivity (Wildman–Crippen MR) is 228 cm³/mol. The third-order valence-corrected chi connectivity index (χ3v) is 19.1. The molecule has 5 aliphatic carbocycles. The van der Waals surface area contributed by atoms with Crippen molar-refractivity contribution in [3.8, 4) is 0 Å². The van der Waals surface area contributed by atoms with Gasteiger partial charge in [-0.1, -0.05) is 67.0 Å². The molecule has 4 saturated carbocycles. The average Bonchev–Trinajstić information content (AvgIpc) is 3.22. The van der Waals surface area contributed by atoms with Crippen LogP contribution in [0.25, 0.3) is 0 Å². The molecule has 0 aromatic heterocycles. The summed E-state index contributed by atoms with van der Waals surface area (Å²) in [5.41, 5.74) is 0.308. The molecule has 8 rings (SSSR count). The third-order valence-electron chi connectivity index (χ3n) is 19.1. The molecule has 17 nitrogen and oxygen atoms in total. The van der Waals surface area contributed by atoms with Gasteiger partial charge in [-0.25, -0.2) is 4.79 Å². The fourth-order valence-electron chi connectivity index (χ4n) is 14.9. The molecule has 23 atom stereocenters. The van der Waals surface area contributed by atoms with Crippen LogP contribution in [-0.4, -0.2) is 163 Å². The Kier molecular flexibility index (Phi) is 13.0. The van der Waals surface area contributed by atoms with E-state index in [-0.39, 0.29) is 38.9 Å². The maximum atomic E-state index is 13.8. The lowest BCUT2D eigenvalue weighted by atomic mass is 9.33. The van der Waals surface area contributed by atoms with Crippen molar-refractivity contribution in [2.24, 2.45) is 50.2 Å². The number of carboxylic acids is 1. The van der Waals surface area contributed by atoms with Crippen molar-refractivity contribution in [3.05, 3.63) is 11.6 Å². The molecule has 0 spiro atoms. The number of aliphatic hydroxyl groups excluding tert-OH is 8. The summed E-state index contributed by atoms with van der Waals surface area (Å²) in [5, 5.41) is 96.6. The molecule has 3 saturated heterocycles. The van der Waals surface area contributed by atoms with Gasteiger partial charge in [0.15, 0.2) is 25.0 Å². The number of ether oxygens (including phenoxy) is 6. The van der Waals surface area contributed by atoms with Crippen LogP contribution >= 0.6 is 0 Å². The minimum absolute atomic E-state index is 0.0315. The van der Waals surface area contributed by atoms with Crippen LogP contribution in [-0.2, 0) is 38.0 Å². The normalized spacial score (nSPS) is 54.0. The lowest BCUT2D eigenvalue weighted by Crippen LogP contribution is -2.68. The second-order valence-corrected chi connectivity index (χ2v) is 23.6. The van der Waals surface area contributed by atoms with Gasteiger partial charge in [0.2, 0.25) is 0 Å². The van der Waals surface area contributed by atoms with E-state index in [4.69, 9.17) is 28.4 Å². The first kappa shape index (κ1) is 49.7. The smallest absolute Gasteiger partial charge is 0.335 e. The number of Topliss-reactive ketones (excluding diaryl/α,β-unsaturated/α-hetero) is 1. The summed E-state index contributed by atoms with van der Waals surface area (Å²) in [6.07, 6.45) is -16.2. The molecule has 8 aliphatic rings. The SMILES string of the molecule is C[C@H]1O[C@@H](O[C@H]2[C@H](O[C@H]3[C@H](O[C@H]4CC[C@]5(C)[C@H]6CC=C7[C@@H]8CC(C)(C)CC(=O)[C@]8(C)CC[C@@]7(C)[C@]6(C)CC[C@H]5C4(C)C)O[C@H](C(=O)O)[C@@H](O)[C@@H]3O)O[C@H](CO)[C@H](O)[C@@H]2O)[C@H](O)[C@H](O)[C@H]1O. The number of carbonyl (C=O) groups excluding carboxylic acids is 1. The Morgan fingerprint density at radius 3 is 1.98 bits per heavy atom. The van der Waals surface area contributed by atoms with E-state index in [0.29, 0.717) is 24.5 Å². The highest BCUT2D eigenvalue weighted by Gasteiger charge is 2.69. The van der Waals surface area contributed by atoms with Crippen molar-refractivity contribution in [2.45, 2.75) is 218 Å². The van der Waals surface area contributed by atoms with Gasteiger partial charge in [-0.2, -0.15) is 0 Å². The Morgan fingerprint density at radius 2 is 1.34 bits per heavy atom. The molecular formula is C48H76O17. The van der Waals surface area contributed by atoms with Gasteiger partial charge < -0.3 is 74.4 Å². The lowest BCUT2D eigenvalue weighted by Gasteiger charge is -2.71. The highest BCUT2D eigenvalue weighted by molar-refractivity contribution is 5.87. The summed E-state index contributed by atoms with van der Waals surface area (Å²) < 4.78 is 36.4. The number of allylic oxidation sites excluding steroid dienone is 2. The van der Waals surface area contributed by atoms with Gasteiger partial charge in [-0.3, -0.25) is 4.79 Å². The number of fused-ring (bicyclic) bond motifs is 7. The number of carboxylic acid groups (broad SMARTS) is 1. The topological polar surface area (TPSA) is 272 Å². The summed E-state index contributed by atoms with van der Waals surface area (Å²) in [7, 11) is 0. The maximum Gasteiger partial charge on any atom is 0.335 e. The fourth-order valence-corrected chi connectivity index (χ4v) is 14.9.